The molecule has 0 radical (unpaired) electrons. The molecule has 0 heterocycles. The quantitative estimate of drug-likeness (QED) is 0.759. The van der Waals surface area contributed by atoms with Crippen molar-refractivity contribution in [3.05, 3.63) is 0 Å². The Morgan fingerprint density at radius 3 is 2.24 bits per heavy atom. The number of urea groups is 1. The van der Waals surface area contributed by atoms with E-state index < -0.39 is 12.0 Å². The second-order valence-electron chi connectivity index (χ2n) is 6.64. The maximum absolute atomic E-state index is 12.6. The highest BCUT2D eigenvalue weighted by Crippen LogP contribution is 2.24. The number of carbonyl (C=O) groups excluding carboxylic acids is 1. The maximum atomic E-state index is 12.6. The van der Waals surface area contributed by atoms with E-state index in [9.17, 15) is 14.7 Å². The van der Waals surface area contributed by atoms with Crippen LogP contribution in [0.25, 0.3) is 0 Å². The zero-order valence-electron chi connectivity index (χ0n) is 13.8. The molecule has 2 atom stereocenters. The van der Waals surface area contributed by atoms with Crippen LogP contribution in [0.1, 0.15) is 59.8 Å². The normalized spacial score (nSPS) is 18.5. The fourth-order valence-corrected chi connectivity index (χ4v) is 2.91. The zero-order chi connectivity index (χ0) is 16.0. The lowest BCUT2D eigenvalue weighted by Crippen LogP contribution is -2.53. The summed E-state index contributed by atoms with van der Waals surface area (Å²) >= 11 is 0. The molecule has 122 valence electrons. The SMILES string of the molecule is CCC(C)C(NC(=O)N(CC(C)C)C1CCCC1)C(=O)O. The number of carboxylic acid groups (broad SMARTS) is 1. The molecule has 0 spiro atoms. The molecule has 1 saturated carbocycles. The van der Waals surface area contributed by atoms with E-state index in [1.807, 2.05) is 18.7 Å². The van der Waals surface area contributed by atoms with Gasteiger partial charge in [0.2, 0.25) is 0 Å². The third kappa shape index (κ3) is 5.21. The zero-order valence-corrected chi connectivity index (χ0v) is 13.8. The minimum Gasteiger partial charge on any atom is -0.480 e. The largest absolute Gasteiger partial charge is 0.480 e. The van der Waals surface area contributed by atoms with Crippen LogP contribution in [-0.4, -0.2) is 40.6 Å². The maximum Gasteiger partial charge on any atom is 0.326 e. The van der Waals surface area contributed by atoms with Crippen molar-refractivity contribution in [3.63, 3.8) is 0 Å². The Balaban J connectivity index is 2.76. The Labute approximate surface area is 128 Å². The van der Waals surface area contributed by atoms with Gasteiger partial charge in [-0.05, 0) is 24.7 Å². The van der Waals surface area contributed by atoms with E-state index in [0.29, 0.717) is 12.5 Å². The summed E-state index contributed by atoms with van der Waals surface area (Å²) in [5.74, 6) is -0.646. The summed E-state index contributed by atoms with van der Waals surface area (Å²) in [6, 6.07) is -0.763. The van der Waals surface area contributed by atoms with E-state index in [2.05, 4.69) is 19.2 Å². The highest BCUT2D eigenvalue weighted by molar-refractivity contribution is 5.83. The Hall–Kier alpha value is -1.26. The highest BCUT2D eigenvalue weighted by atomic mass is 16.4. The van der Waals surface area contributed by atoms with Crippen molar-refractivity contribution in [1.29, 1.82) is 0 Å². The third-order valence-electron chi connectivity index (χ3n) is 4.35. The first kappa shape index (κ1) is 17.8. The van der Waals surface area contributed by atoms with Crippen LogP contribution < -0.4 is 5.32 Å². The van der Waals surface area contributed by atoms with Crippen LogP contribution >= 0.6 is 0 Å². The van der Waals surface area contributed by atoms with Crippen LogP contribution in [0.3, 0.4) is 0 Å². The Morgan fingerprint density at radius 2 is 1.81 bits per heavy atom. The van der Waals surface area contributed by atoms with E-state index >= 15 is 0 Å². The lowest BCUT2D eigenvalue weighted by atomic mass is 9.99. The van der Waals surface area contributed by atoms with E-state index in [1.54, 1.807) is 0 Å². The molecule has 1 aliphatic rings. The number of carboxylic acids is 1. The monoisotopic (exact) mass is 298 g/mol. The van der Waals surface area contributed by atoms with Crippen molar-refractivity contribution < 1.29 is 14.7 Å². The standard InChI is InChI=1S/C16H30N2O3/c1-5-12(4)14(15(19)20)17-16(21)18(10-11(2)3)13-8-6-7-9-13/h11-14H,5-10H2,1-4H3,(H,17,21)(H,19,20). The van der Waals surface area contributed by atoms with Crippen molar-refractivity contribution >= 4 is 12.0 Å². The van der Waals surface area contributed by atoms with Gasteiger partial charge in [-0.3, -0.25) is 0 Å². The van der Waals surface area contributed by atoms with Crippen LogP contribution in [-0.2, 0) is 4.79 Å². The molecule has 2 unspecified atom stereocenters. The van der Waals surface area contributed by atoms with Crippen LogP contribution in [0.5, 0.6) is 0 Å². The van der Waals surface area contributed by atoms with Gasteiger partial charge in [0.15, 0.2) is 0 Å². The average molecular weight is 298 g/mol. The Bertz CT molecular complexity index is 351. The van der Waals surface area contributed by atoms with Crippen LogP contribution in [0.4, 0.5) is 4.79 Å². The van der Waals surface area contributed by atoms with Gasteiger partial charge >= 0.3 is 12.0 Å². The molecule has 21 heavy (non-hydrogen) atoms. The average Bonchev–Trinajstić information content (AvgIpc) is 2.94. The fourth-order valence-electron chi connectivity index (χ4n) is 2.91. The van der Waals surface area contributed by atoms with E-state index in [1.165, 1.54) is 0 Å². The van der Waals surface area contributed by atoms with Gasteiger partial charge in [0.1, 0.15) is 6.04 Å². The summed E-state index contributed by atoms with van der Waals surface area (Å²) in [5, 5.41) is 12.1. The number of nitrogens with one attached hydrogen (secondary N) is 1. The second-order valence-corrected chi connectivity index (χ2v) is 6.64. The van der Waals surface area contributed by atoms with E-state index in [0.717, 1.165) is 32.1 Å². The summed E-state index contributed by atoms with van der Waals surface area (Å²) in [5.41, 5.74) is 0. The Kier molecular flexibility index (Phi) is 6.99. The molecule has 0 aromatic heterocycles. The van der Waals surface area contributed by atoms with Gasteiger partial charge in [0, 0.05) is 12.6 Å². The highest BCUT2D eigenvalue weighted by Gasteiger charge is 2.31. The molecule has 0 bridgehead atoms. The van der Waals surface area contributed by atoms with Crippen molar-refractivity contribution in [3.8, 4) is 0 Å². The number of hydrogen-bond donors (Lipinski definition) is 2. The lowest BCUT2D eigenvalue weighted by Gasteiger charge is -2.32. The molecule has 5 heteroatoms. The number of carbonyl (C=O) groups is 2. The molecule has 0 saturated heterocycles. The van der Waals surface area contributed by atoms with Crippen molar-refractivity contribution in [2.24, 2.45) is 11.8 Å². The molecule has 2 amide bonds. The summed E-state index contributed by atoms with van der Waals surface area (Å²) in [6.45, 7) is 8.65. The van der Waals surface area contributed by atoms with E-state index in [-0.39, 0.29) is 18.0 Å². The predicted octanol–water partition coefficient (Wildman–Crippen LogP) is 3.10. The first-order valence-electron chi connectivity index (χ1n) is 8.16. The summed E-state index contributed by atoms with van der Waals surface area (Å²) in [4.78, 5) is 25.8. The molecular weight excluding hydrogens is 268 g/mol. The summed E-state index contributed by atoms with van der Waals surface area (Å²) < 4.78 is 0. The molecule has 2 N–H and O–H groups in total. The van der Waals surface area contributed by atoms with Crippen molar-refractivity contribution in [2.45, 2.75) is 71.9 Å². The first-order valence-corrected chi connectivity index (χ1v) is 8.16. The van der Waals surface area contributed by atoms with Gasteiger partial charge in [0.05, 0.1) is 0 Å². The molecule has 0 aromatic rings. The smallest absolute Gasteiger partial charge is 0.326 e. The number of aliphatic carboxylic acids is 1. The number of nitrogens with zero attached hydrogens (tertiary/aromatic N) is 1. The number of rotatable bonds is 7. The van der Waals surface area contributed by atoms with Gasteiger partial charge < -0.3 is 15.3 Å². The summed E-state index contributed by atoms with van der Waals surface area (Å²) in [6.07, 6.45) is 5.09. The minimum atomic E-state index is -0.950. The molecule has 1 aliphatic carbocycles. The van der Waals surface area contributed by atoms with Crippen molar-refractivity contribution in [2.75, 3.05) is 6.54 Å². The van der Waals surface area contributed by atoms with E-state index in [4.69, 9.17) is 0 Å². The van der Waals surface area contributed by atoms with Gasteiger partial charge in [-0.15, -0.1) is 0 Å². The fraction of sp³-hybridized carbons (Fsp3) is 0.875. The number of hydrogen-bond acceptors (Lipinski definition) is 2. The topological polar surface area (TPSA) is 69.6 Å². The lowest BCUT2D eigenvalue weighted by molar-refractivity contribution is -0.140. The third-order valence-corrected chi connectivity index (χ3v) is 4.35. The molecule has 1 fully saturated rings. The molecule has 5 nitrogen and oxygen atoms in total. The molecule has 0 aromatic carbocycles. The van der Waals surface area contributed by atoms with Crippen LogP contribution in [0.15, 0.2) is 0 Å². The predicted molar refractivity (Wildman–Crippen MR) is 83.2 cm³/mol. The molecular formula is C16H30N2O3. The summed E-state index contributed by atoms with van der Waals surface area (Å²) in [7, 11) is 0. The Morgan fingerprint density at radius 1 is 1.24 bits per heavy atom. The van der Waals surface area contributed by atoms with Gasteiger partial charge in [-0.25, -0.2) is 9.59 Å². The van der Waals surface area contributed by atoms with Gasteiger partial charge in [0.25, 0.3) is 0 Å². The van der Waals surface area contributed by atoms with Crippen LogP contribution in [0.2, 0.25) is 0 Å². The van der Waals surface area contributed by atoms with Gasteiger partial charge in [-0.2, -0.15) is 0 Å². The number of amides is 2. The minimum absolute atomic E-state index is 0.0732. The molecule has 1 rings (SSSR count). The molecule has 0 aliphatic heterocycles. The first-order chi connectivity index (χ1) is 9.86. The van der Waals surface area contributed by atoms with Crippen LogP contribution in [0, 0.1) is 11.8 Å². The second kappa shape index (κ2) is 8.25. The van der Waals surface area contributed by atoms with Crippen molar-refractivity contribution in [1.82, 2.24) is 10.2 Å². The van der Waals surface area contributed by atoms with Gasteiger partial charge in [-0.1, -0.05) is 47.0 Å².